The van der Waals surface area contributed by atoms with E-state index < -0.39 is 0 Å². The maximum absolute atomic E-state index is 5.11. The van der Waals surface area contributed by atoms with Crippen molar-refractivity contribution < 1.29 is 4.74 Å². The smallest absolute Gasteiger partial charge is 0.0994 e. The molecule has 1 heteroatoms. The monoisotopic (exact) mass is 426 g/mol. The highest BCUT2D eigenvalue weighted by Crippen LogP contribution is 2.14. The molecule has 0 saturated carbocycles. The number of hydrogen-bond acceptors (Lipinski definition) is 1. The van der Waals surface area contributed by atoms with Gasteiger partial charge >= 0.3 is 0 Å². The third-order valence-electron chi connectivity index (χ3n) is 5.82. The summed E-state index contributed by atoms with van der Waals surface area (Å²) < 4.78 is 5.11. The third-order valence-corrected chi connectivity index (χ3v) is 5.82. The van der Waals surface area contributed by atoms with Crippen LogP contribution in [0.2, 0.25) is 0 Å². The second kappa shape index (κ2) is 23.3. The number of rotatable bonds is 22. The Morgan fingerprint density at radius 3 is 1.35 bits per heavy atom. The second-order valence-electron chi connectivity index (χ2n) is 8.93. The maximum Gasteiger partial charge on any atom is 0.0994 e. The van der Waals surface area contributed by atoms with Crippen molar-refractivity contribution in [1.82, 2.24) is 0 Å². The maximum atomic E-state index is 5.11. The zero-order valence-electron chi connectivity index (χ0n) is 20.5. The number of unbranched alkanes of at least 4 members (excludes halogenated alkanes) is 16. The van der Waals surface area contributed by atoms with E-state index in [2.05, 4.69) is 49.5 Å². The standard InChI is InChI=1S/C30H50O/c1-2-3-4-5-6-7-8-9-10-11-12-13-14-15-16-17-18-19-20-21-22-23-24-25-26-27-28-30-29-31-30/h19-28,30H,2-18,29H2,1H3. The molecule has 1 nitrogen and oxygen atoms in total. The Hall–Kier alpha value is -1.34. The first-order valence-corrected chi connectivity index (χ1v) is 13.4. The van der Waals surface area contributed by atoms with Crippen LogP contribution in [0, 0.1) is 0 Å². The number of ether oxygens (including phenoxy) is 1. The Kier molecular flexibility index (Phi) is 20.8. The molecule has 0 radical (unpaired) electrons. The van der Waals surface area contributed by atoms with E-state index in [-0.39, 0.29) is 0 Å². The lowest BCUT2D eigenvalue weighted by Gasteiger charge is -2.03. The van der Waals surface area contributed by atoms with Crippen LogP contribution in [-0.4, -0.2) is 12.7 Å². The lowest BCUT2D eigenvalue weighted by Crippen LogP contribution is -1.83. The largest absolute Gasteiger partial charge is 0.369 e. The second-order valence-corrected chi connectivity index (χ2v) is 8.93. The Bertz CT molecular complexity index is 505. The molecule has 0 aromatic rings. The van der Waals surface area contributed by atoms with Crippen LogP contribution in [-0.2, 0) is 4.74 Å². The van der Waals surface area contributed by atoms with Crippen LogP contribution in [0.3, 0.4) is 0 Å². The fraction of sp³-hybridized carbons (Fsp3) is 0.667. The molecule has 1 heterocycles. The average molecular weight is 427 g/mol. The third kappa shape index (κ3) is 23.2. The fourth-order valence-electron chi connectivity index (χ4n) is 3.72. The van der Waals surface area contributed by atoms with Crippen LogP contribution >= 0.6 is 0 Å². The van der Waals surface area contributed by atoms with E-state index in [1.54, 1.807) is 0 Å². The van der Waals surface area contributed by atoms with E-state index in [1.807, 2.05) is 18.2 Å². The molecule has 1 atom stereocenters. The molecule has 0 aromatic carbocycles. The van der Waals surface area contributed by atoms with Crippen LogP contribution < -0.4 is 0 Å². The molecule has 1 unspecified atom stereocenters. The van der Waals surface area contributed by atoms with Gasteiger partial charge in [-0.2, -0.15) is 0 Å². The summed E-state index contributed by atoms with van der Waals surface area (Å²) in [6.45, 7) is 3.18. The molecule has 1 aliphatic rings. The van der Waals surface area contributed by atoms with Crippen molar-refractivity contribution in [3.05, 3.63) is 60.8 Å². The minimum atomic E-state index is 0.369. The van der Waals surface area contributed by atoms with Crippen molar-refractivity contribution in [2.24, 2.45) is 0 Å². The predicted octanol–water partition coefficient (Wildman–Crippen LogP) is 9.82. The van der Waals surface area contributed by atoms with Crippen molar-refractivity contribution in [1.29, 1.82) is 0 Å². The molecular weight excluding hydrogens is 376 g/mol. The minimum Gasteiger partial charge on any atom is -0.369 e. The van der Waals surface area contributed by atoms with Gasteiger partial charge in [0.05, 0.1) is 12.7 Å². The molecule has 1 rings (SSSR count). The molecule has 0 spiro atoms. The van der Waals surface area contributed by atoms with Gasteiger partial charge in [0, 0.05) is 0 Å². The van der Waals surface area contributed by atoms with Crippen molar-refractivity contribution in [3.8, 4) is 0 Å². The van der Waals surface area contributed by atoms with Crippen molar-refractivity contribution >= 4 is 0 Å². The summed E-state index contributed by atoms with van der Waals surface area (Å²) in [6, 6.07) is 0. The first-order valence-electron chi connectivity index (χ1n) is 13.4. The quantitative estimate of drug-likeness (QED) is 0.0953. The lowest BCUT2D eigenvalue weighted by molar-refractivity contribution is 0.440. The SMILES string of the molecule is CCCCCCCCCCCCCCCCCCC=CC=CC=CC=CC=CC1CO1. The molecule has 1 aliphatic heterocycles. The van der Waals surface area contributed by atoms with Crippen LogP contribution in [0.5, 0.6) is 0 Å². The van der Waals surface area contributed by atoms with E-state index in [1.165, 1.54) is 109 Å². The summed E-state index contributed by atoms with van der Waals surface area (Å²) in [6.07, 6.45) is 45.5. The summed E-state index contributed by atoms with van der Waals surface area (Å²) in [5.74, 6) is 0. The Morgan fingerprint density at radius 1 is 0.516 bits per heavy atom. The van der Waals surface area contributed by atoms with E-state index in [0.717, 1.165) is 6.61 Å². The van der Waals surface area contributed by atoms with Gasteiger partial charge in [-0.3, -0.25) is 0 Å². The highest BCUT2D eigenvalue weighted by molar-refractivity contribution is 5.18. The zero-order valence-corrected chi connectivity index (χ0v) is 20.5. The summed E-state index contributed by atoms with van der Waals surface area (Å²) in [4.78, 5) is 0. The van der Waals surface area contributed by atoms with Gasteiger partial charge in [-0.25, -0.2) is 0 Å². The summed E-state index contributed by atoms with van der Waals surface area (Å²) >= 11 is 0. The highest BCUT2D eigenvalue weighted by Gasteiger charge is 2.17. The van der Waals surface area contributed by atoms with E-state index in [9.17, 15) is 0 Å². The number of epoxide rings is 1. The van der Waals surface area contributed by atoms with Gasteiger partial charge in [-0.1, -0.05) is 164 Å². The van der Waals surface area contributed by atoms with Crippen molar-refractivity contribution in [3.63, 3.8) is 0 Å². The Morgan fingerprint density at radius 2 is 0.903 bits per heavy atom. The van der Waals surface area contributed by atoms with Gasteiger partial charge in [-0.15, -0.1) is 0 Å². The van der Waals surface area contributed by atoms with Gasteiger partial charge in [-0.05, 0) is 12.8 Å². The van der Waals surface area contributed by atoms with Crippen LogP contribution in [0.1, 0.15) is 116 Å². The molecule has 0 amide bonds. The zero-order chi connectivity index (χ0) is 22.1. The lowest BCUT2D eigenvalue weighted by atomic mass is 10.0. The molecule has 1 saturated heterocycles. The fourth-order valence-corrected chi connectivity index (χ4v) is 3.72. The molecular formula is C30H50O. The van der Waals surface area contributed by atoms with Gasteiger partial charge in [0.2, 0.25) is 0 Å². The van der Waals surface area contributed by atoms with Crippen LogP contribution in [0.4, 0.5) is 0 Å². The molecule has 1 fully saturated rings. The van der Waals surface area contributed by atoms with Crippen LogP contribution in [0.15, 0.2) is 60.8 Å². The van der Waals surface area contributed by atoms with E-state index in [4.69, 9.17) is 4.74 Å². The highest BCUT2D eigenvalue weighted by atomic mass is 16.6. The molecule has 31 heavy (non-hydrogen) atoms. The summed E-state index contributed by atoms with van der Waals surface area (Å²) in [5.41, 5.74) is 0. The van der Waals surface area contributed by atoms with Gasteiger partial charge in [0.15, 0.2) is 0 Å². The summed E-state index contributed by atoms with van der Waals surface area (Å²) in [7, 11) is 0. The number of hydrogen-bond donors (Lipinski definition) is 0. The first-order chi connectivity index (χ1) is 15.4. The van der Waals surface area contributed by atoms with E-state index in [0.29, 0.717) is 6.10 Å². The first kappa shape index (κ1) is 27.7. The molecule has 0 aromatic heterocycles. The normalized spacial score (nSPS) is 16.9. The number of allylic oxidation sites excluding steroid dienone is 9. The van der Waals surface area contributed by atoms with E-state index >= 15 is 0 Å². The average Bonchev–Trinajstić information content (AvgIpc) is 3.60. The minimum absolute atomic E-state index is 0.369. The van der Waals surface area contributed by atoms with Gasteiger partial charge in [0.25, 0.3) is 0 Å². The Balaban J connectivity index is 1.74. The summed E-state index contributed by atoms with van der Waals surface area (Å²) in [5, 5.41) is 0. The van der Waals surface area contributed by atoms with Crippen molar-refractivity contribution in [2.45, 2.75) is 122 Å². The molecule has 0 aliphatic carbocycles. The van der Waals surface area contributed by atoms with Gasteiger partial charge in [0.1, 0.15) is 0 Å². The van der Waals surface area contributed by atoms with Crippen molar-refractivity contribution in [2.75, 3.05) is 6.61 Å². The van der Waals surface area contributed by atoms with Gasteiger partial charge < -0.3 is 4.74 Å². The predicted molar refractivity (Wildman–Crippen MR) is 140 cm³/mol. The molecule has 176 valence electrons. The topological polar surface area (TPSA) is 12.5 Å². The van der Waals surface area contributed by atoms with Crippen LogP contribution in [0.25, 0.3) is 0 Å². The molecule has 0 N–H and O–H groups in total. The molecule has 0 bridgehead atoms. The Labute approximate surface area is 194 Å².